The van der Waals surface area contributed by atoms with Crippen molar-refractivity contribution in [2.75, 3.05) is 7.11 Å². The van der Waals surface area contributed by atoms with Crippen molar-refractivity contribution >= 4 is 29.6 Å². The van der Waals surface area contributed by atoms with Crippen molar-refractivity contribution in [2.24, 2.45) is 5.92 Å². The van der Waals surface area contributed by atoms with Gasteiger partial charge in [0.2, 0.25) is 0 Å². The Labute approximate surface area is 133 Å². The number of carbonyl (C=O) groups is 3. The van der Waals surface area contributed by atoms with Gasteiger partial charge < -0.3 is 20.2 Å². The zero-order chi connectivity index (χ0) is 16.7. The summed E-state index contributed by atoms with van der Waals surface area (Å²) in [7, 11) is 1.28. The molecule has 0 radical (unpaired) electrons. The van der Waals surface area contributed by atoms with Gasteiger partial charge in [-0.2, -0.15) is 0 Å². The molecule has 2 unspecified atom stereocenters. The van der Waals surface area contributed by atoms with Crippen molar-refractivity contribution in [1.29, 1.82) is 0 Å². The first kappa shape index (κ1) is 18.1. The van der Waals surface area contributed by atoms with Crippen LogP contribution in [0.1, 0.15) is 37.4 Å². The third-order valence-corrected chi connectivity index (χ3v) is 4.10. The number of thiazole rings is 1. The molecule has 2 amide bonds. The molecule has 1 aromatic rings. The molecule has 22 heavy (non-hydrogen) atoms. The number of rotatable bonds is 7. The molecule has 0 fully saturated rings. The molecule has 0 bridgehead atoms. The van der Waals surface area contributed by atoms with E-state index in [0.29, 0.717) is 10.7 Å². The molecule has 0 aliphatic heterocycles. The fourth-order valence-electron chi connectivity index (χ4n) is 1.66. The molecule has 7 nitrogen and oxygen atoms in total. The first-order valence-corrected chi connectivity index (χ1v) is 7.78. The van der Waals surface area contributed by atoms with Crippen molar-refractivity contribution in [3.05, 3.63) is 16.1 Å². The average Bonchev–Trinajstić information content (AvgIpc) is 2.97. The lowest BCUT2D eigenvalue weighted by atomic mass is 10.1. The quantitative estimate of drug-likeness (QED) is 0.583. The number of esters is 1. The second kappa shape index (κ2) is 8.47. The fourth-order valence-corrected chi connectivity index (χ4v) is 2.49. The lowest BCUT2D eigenvalue weighted by molar-refractivity contribution is -0.144. The molecule has 0 aliphatic carbocycles. The molecular weight excluding hydrogens is 306 g/mol. The number of urea groups is 1. The Kier molecular flexibility index (Phi) is 6.97. The van der Waals surface area contributed by atoms with Crippen LogP contribution in [-0.2, 0) is 20.9 Å². The SMILES string of the molecule is COC(=O)C(NC(=O)NCc1csc(C(C)C=O)n1)C(C)C. The lowest BCUT2D eigenvalue weighted by Gasteiger charge is -2.19. The van der Waals surface area contributed by atoms with Crippen molar-refractivity contribution < 1.29 is 19.1 Å². The average molecular weight is 327 g/mol. The number of nitrogens with one attached hydrogen (secondary N) is 2. The number of amides is 2. The Morgan fingerprint density at radius 3 is 2.64 bits per heavy atom. The highest BCUT2D eigenvalue weighted by Crippen LogP contribution is 2.17. The predicted octanol–water partition coefficient (Wildman–Crippen LogP) is 1.44. The summed E-state index contributed by atoms with van der Waals surface area (Å²) < 4.78 is 4.65. The Morgan fingerprint density at radius 1 is 1.41 bits per heavy atom. The zero-order valence-corrected chi connectivity index (χ0v) is 13.9. The second-order valence-electron chi connectivity index (χ2n) is 5.17. The largest absolute Gasteiger partial charge is 0.467 e. The minimum atomic E-state index is -0.703. The van der Waals surface area contributed by atoms with Crippen LogP contribution < -0.4 is 10.6 Å². The van der Waals surface area contributed by atoms with Gasteiger partial charge in [-0.15, -0.1) is 11.3 Å². The van der Waals surface area contributed by atoms with E-state index >= 15 is 0 Å². The molecule has 0 saturated heterocycles. The Hall–Kier alpha value is -1.96. The van der Waals surface area contributed by atoms with Crippen molar-refractivity contribution in [1.82, 2.24) is 15.6 Å². The van der Waals surface area contributed by atoms with Crippen LogP contribution in [0.5, 0.6) is 0 Å². The summed E-state index contributed by atoms with van der Waals surface area (Å²) in [5.41, 5.74) is 0.669. The van der Waals surface area contributed by atoms with E-state index in [-0.39, 0.29) is 18.4 Å². The van der Waals surface area contributed by atoms with Crippen molar-refractivity contribution in [2.45, 2.75) is 39.3 Å². The van der Waals surface area contributed by atoms with E-state index in [9.17, 15) is 14.4 Å². The van der Waals surface area contributed by atoms with Crippen LogP contribution in [0.2, 0.25) is 0 Å². The fraction of sp³-hybridized carbons (Fsp3) is 0.571. The smallest absolute Gasteiger partial charge is 0.328 e. The van der Waals surface area contributed by atoms with Gasteiger partial charge in [-0.3, -0.25) is 0 Å². The number of nitrogens with zero attached hydrogens (tertiary/aromatic N) is 1. The number of methoxy groups -OCH3 is 1. The molecule has 1 aromatic heterocycles. The van der Waals surface area contributed by atoms with E-state index in [4.69, 9.17) is 0 Å². The van der Waals surface area contributed by atoms with Crippen molar-refractivity contribution in [3.63, 3.8) is 0 Å². The van der Waals surface area contributed by atoms with Gasteiger partial charge in [0, 0.05) is 5.38 Å². The number of aromatic nitrogens is 1. The number of aldehydes is 1. The summed E-state index contributed by atoms with van der Waals surface area (Å²) in [4.78, 5) is 38.4. The summed E-state index contributed by atoms with van der Waals surface area (Å²) in [6.07, 6.45) is 0.826. The van der Waals surface area contributed by atoms with Gasteiger partial charge in [0.15, 0.2) is 0 Å². The van der Waals surface area contributed by atoms with E-state index in [1.807, 2.05) is 13.8 Å². The van der Waals surface area contributed by atoms with Crippen LogP contribution in [0.4, 0.5) is 4.79 Å². The lowest BCUT2D eigenvalue weighted by Crippen LogP contribution is -2.48. The molecule has 2 atom stereocenters. The van der Waals surface area contributed by atoms with Crippen molar-refractivity contribution in [3.8, 4) is 0 Å². The maximum atomic E-state index is 11.8. The van der Waals surface area contributed by atoms with Gasteiger partial charge in [-0.25, -0.2) is 14.6 Å². The van der Waals surface area contributed by atoms with E-state index in [0.717, 1.165) is 6.29 Å². The second-order valence-corrected chi connectivity index (χ2v) is 6.06. The molecule has 0 aromatic carbocycles. The summed E-state index contributed by atoms with van der Waals surface area (Å²) in [6, 6.07) is -1.17. The molecule has 0 aliphatic rings. The molecule has 1 rings (SSSR count). The van der Waals surface area contributed by atoms with Crippen LogP contribution >= 0.6 is 11.3 Å². The van der Waals surface area contributed by atoms with Gasteiger partial charge in [-0.05, 0) is 12.8 Å². The number of hydrogen-bond acceptors (Lipinski definition) is 6. The summed E-state index contributed by atoms with van der Waals surface area (Å²) in [5.74, 6) is -0.823. The molecular formula is C14H21N3O4S. The van der Waals surface area contributed by atoms with Crippen LogP contribution in [0, 0.1) is 5.92 Å². The number of hydrogen-bond donors (Lipinski definition) is 2. The first-order chi connectivity index (χ1) is 10.4. The van der Waals surface area contributed by atoms with Gasteiger partial charge in [0.1, 0.15) is 17.3 Å². The topological polar surface area (TPSA) is 97.4 Å². The molecule has 0 saturated carbocycles. The maximum absolute atomic E-state index is 11.8. The highest BCUT2D eigenvalue weighted by Gasteiger charge is 2.24. The summed E-state index contributed by atoms with van der Waals surface area (Å²) >= 11 is 1.37. The predicted molar refractivity (Wildman–Crippen MR) is 82.6 cm³/mol. The maximum Gasteiger partial charge on any atom is 0.328 e. The Morgan fingerprint density at radius 2 is 2.09 bits per heavy atom. The molecule has 8 heteroatoms. The third-order valence-electron chi connectivity index (χ3n) is 3.00. The Bertz CT molecular complexity index is 530. The normalized spacial score (nSPS) is 13.3. The van der Waals surface area contributed by atoms with Gasteiger partial charge in [0.05, 0.1) is 25.3 Å². The summed E-state index contributed by atoms with van der Waals surface area (Å²) in [5, 5.41) is 7.70. The molecule has 0 spiro atoms. The standard InChI is InChI=1S/C14H21N3O4S/c1-8(2)11(13(19)21-4)17-14(20)15-5-10-7-22-12(16-10)9(3)6-18/h6-9,11H,5H2,1-4H3,(H2,15,17,20). The number of carbonyl (C=O) groups excluding carboxylic acids is 3. The highest BCUT2D eigenvalue weighted by atomic mass is 32.1. The third kappa shape index (κ3) is 5.10. The Balaban J connectivity index is 2.53. The van der Waals surface area contributed by atoms with Crippen LogP contribution in [0.3, 0.4) is 0 Å². The van der Waals surface area contributed by atoms with E-state index in [1.165, 1.54) is 18.4 Å². The van der Waals surface area contributed by atoms with Crippen LogP contribution in [0.25, 0.3) is 0 Å². The minimum absolute atomic E-state index is 0.0856. The van der Waals surface area contributed by atoms with Gasteiger partial charge >= 0.3 is 12.0 Å². The molecule has 1 heterocycles. The van der Waals surface area contributed by atoms with Gasteiger partial charge in [0.25, 0.3) is 0 Å². The van der Waals surface area contributed by atoms with E-state index in [1.54, 1.807) is 12.3 Å². The molecule has 122 valence electrons. The minimum Gasteiger partial charge on any atom is -0.467 e. The number of ether oxygens (including phenoxy) is 1. The van der Waals surface area contributed by atoms with Gasteiger partial charge in [-0.1, -0.05) is 13.8 Å². The van der Waals surface area contributed by atoms with E-state index < -0.39 is 18.0 Å². The highest BCUT2D eigenvalue weighted by molar-refractivity contribution is 7.09. The molecule has 2 N–H and O–H groups in total. The first-order valence-electron chi connectivity index (χ1n) is 6.90. The van der Waals surface area contributed by atoms with Crippen LogP contribution in [-0.4, -0.2) is 36.4 Å². The van der Waals surface area contributed by atoms with E-state index in [2.05, 4.69) is 20.4 Å². The summed E-state index contributed by atoms with van der Waals surface area (Å²) in [6.45, 7) is 5.62. The van der Waals surface area contributed by atoms with Crippen LogP contribution in [0.15, 0.2) is 5.38 Å². The zero-order valence-electron chi connectivity index (χ0n) is 13.1. The monoisotopic (exact) mass is 327 g/mol.